The molecule has 0 spiro atoms. The maximum absolute atomic E-state index is 14.4. The molecule has 0 aliphatic rings. The summed E-state index contributed by atoms with van der Waals surface area (Å²) < 4.78 is 29.1. The zero-order valence-electron chi connectivity index (χ0n) is 13.4. The second-order valence-corrected chi connectivity index (χ2v) is 5.85. The smallest absolute Gasteiger partial charge is 0.247 e. The van der Waals surface area contributed by atoms with Crippen LogP contribution < -0.4 is 5.56 Å². The first-order valence-corrected chi connectivity index (χ1v) is 7.59. The molecular formula is C17H16F2N4O2. The molecule has 130 valence electrons. The van der Waals surface area contributed by atoms with Gasteiger partial charge in [-0.1, -0.05) is 19.1 Å². The largest absolute Gasteiger partial charge is 0.382 e. The number of aliphatic hydroxyl groups is 1. The van der Waals surface area contributed by atoms with Crippen molar-refractivity contribution in [1.29, 1.82) is 0 Å². The SMILES string of the molecule is C[C@@H](c1ccc(=O)[nH]c1)[C@](O)(Cn1cncn1)c1ccc(F)cc1F. The Morgan fingerprint density at radius 1 is 1.32 bits per heavy atom. The maximum atomic E-state index is 14.4. The quantitative estimate of drug-likeness (QED) is 0.739. The number of halogens is 2. The van der Waals surface area contributed by atoms with Crippen LogP contribution in [0.2, 0.25) is 0 Å². The molecule has 0 saturated carbocycles. The first kappa shape index (κ1) is 17.0. The lowest BCUT2D eigenvalue weighted by Gasteiger charge is -2.35. The minimum absolute atomic E-state index is 0.0666. The first-order valence-electron chi connectivity index (χ1n) is 7.59. The number of pyridine rings is 1. The van der Waals surface area contributed by atoms with Gasteiger partial charge in [0.15, 0.2) is 0 Å². The van der Waals surface area contributed by atoms with Crippen LogP contribution >= 0.6 is 0 Å². The van der Waals surface area contributed by atoms with Gasteiger partial charge >= 0.3 is 0 Å². The number of rotatable bonds is 5. The third kappa shape index (κ3) is 3.34. The summed E-state index contributed by atoms with van der Waals surface area (Å²) in [5, 5.41) is 15.3. The lowest BCUT2D eigenvalue weighted by Crippen LogP contribution is -2.38. The number of H-pyrrole nitrogens is 1. The van der Waals surface area contributed by atoms with Gasteiger partial charge in [-0.05, 0) is 11.6 Å². The van der Waals surface area contributed by atoms with Crippen molar-refractivity contribution in [3.63, 3.8) is 0 Å². The molecule has 2 atom stereocenters. The molecule has 0 bridgehead atoms. The summed E-state index contributed by atoms with van der Waals surface area (Å²) >= 11 is 0. The van der Waals surface area contributed by atoms with Crippen molar-refractivity contribution in [2.75, 3.05) is 0 Å². The normalized spacial score (nSPS) is 14.9. The van der Waals surface area contributed by atoms with Gasteiger partial charge in [0.25, 0.3) is 0 Å². The van der Waals surface area contributed by atoms with E-state index in [0.717, 1.165) is 12.1 Å². The Bertz CT molecular complexity index is 906. The molecule has 0 unspecified atom stereocenters. The van der Waals surface area contributed by atoms with E-state index in [1.54, 1.807) is 13.0 Å². The third-order valence-corrected chi connectivity index (χ3v) is 4.29. The zero-order chi connectivity index (χ0) is 18.0. The highest BCUT2D eigenvalue weighted by Crippen LogP contribution is 2.39. The number of hydrogen-bond acceptors (Lipinski definition) is 4. The standard InChI is InChI=1S/C17H16F2N4O2/c1-11(12-2-5-16(24)21-7-12)17(25,8-23-10-20-9-22-23)14-4-3-13(18)6-15(14)19/h2-7,9-11,25H,8H2,1H3,(H,21,24)/t11-,17+/m0/s1. The van der Waals surface area contributed by atoms with Crippen molar-refractivity contribution < 1.29 is 13.9 Å². The van der Waals surface area contributed by atoms with E-state index in [9.17, 15) is 18.7 Å². The number of nitrogens with one attached hydrogen (secondary N) is 1. The maximum Gasteiger partial charge on any atom is 0.247 e. The van der Waals surface area contributed by atoms with Crippen LogP contribution in [0.3, 0.4) is 0 Å². The van der Waals surface area contributed by atoms with Crippen molar-refractivity contribution in [2.24, 2.45) is 0 Å². The molecule has 0 aliphatic heterocycles. The Morgan fingerprint density at radius 3 is 2.72 bits per heavy atom. The molecule has 0 radical (unpaired) electrons. The second-order valence-electron chi connectivity index (χ2n) is 5.85. The molecule has 6 nitrogen and oxygen atoms in total. The van der Waals surface area contributed by atoms with Gasteiger partial charge in [0, 0.05) is 29.8 Å². The molecular weight excluding hydrogens is 330 g/mol. The number of aromatic amines is 1. The van der Waals surface area contributed by atoms with Gasteiger partial charge in [0.1, 0.15) is 29.9 Å². The Balaban J connectivity index is 2.10. The Labute approximate surface area is 141 Å². The van der Waals surface area contributed by atoms with Gasteiger partial charge in [-0.25, -0.2) is 18.4 Å². The molecule has 3 aromatic rings. The molecule has 2 heterocycles. The Kier molecular flexibility index (Phi) is 4.45. The fraction of sp³-hybridized carbons (Fsp3) is 0.235. The highest BCUT2D eigenvalue weighted by Gasteiger charge is 2.40. The first-order chi connectivity index (χ1) is 11.9. The average molecular weight is 346 g/mol. The Hall–Kier alpha value is -2.87. The van der Waals surface area contributed by atoms with Gasteiger partial charge < -0.3 is 10.1 Å². The van der Waals surface area contributed by atoms with Gasteiger partial charge in [-0.3, -0.25) is 4.79 Å². The van der Waals surface area contributed by atoms with Crippen molar-refractivity contribution >= 4 is 0 Å². The van der Waals surface area contributed by atoms with E-state index in [4.69, 9.17) is 0 Å². The molecule has 0 aliphatic carbocycles. The summed E-state index contributed by atoms with van der Waals surface area (Å²) in [5.74, 6) is -2.23. The van der Waals surface area contributed by atoms with E-state index < -0.39 is 23.2 Å². The highest BCUT2D eigenvalue weighted by atomic mass is 19.1. The molecule has 25 heavy (non-hydrogen) atoms. The molecule has 0 fully saturated rings. The number of hydrogen-bond donors (Lipinski definition) is 2. The summed E-state index contributed by atoms with van der Waals surface area (Å²) in [4.78, 5) is 17.6. The van der Waals surface area contributed by atoms with E-state index in [1.807, 2.05) is 0 Å². The molecule has 8 heteroatoms. The summed E-state index contributed by atoms with van der Waals surface area (Å²) in [6.45, 7) is 1.59. The molecule has 0 saturated heterocycles. The number of aromatic nitrogens is 4. The number of benzene rings is 1. The third-order valence-electron chi connectivity index (χ3n) is 4.29. The lowest BCUT2D eigenvalue weighted by atomic mass is 9.78. The predicted molar refractivity (Wildman–Crippen MR) is 85.8 cm³/mol. The Morgan fingerprint density at radius 2 is 2.12 bits per heavy atom. The summed E-state index contributed by atoms with van der Waals surface area (Å²) in [5.41, 5.74) is -1.51. The molecule has 0 amide bonds. The van der Waals surface area contributed by atoms with E-state index in [2.05, 4.69) is 15.1 Å². The minimum Gasteiger partial charge on any atom is -0.382 e. The van der Waals surface area contributed by atoms with Gasteiger partial charge in [-0.15, -0.1) is 0 Å². The van der Waals surface area contributed by atoms with Gasteiger partial charge in [0.2, 0.25) is 5.56 Å². The lowest BCUT2D eigenvalue weighted by molar-refractivity contribution is -0.0113. The van der Waals surface area contributed by atoms with Crippen molar-refractivity contribution in [1.82, 2.24) is 19.7 Å². The van der Waals surface area contributed by atoms with Gasteiger partial charge in [-0.2, -0.15) is 5.10 Å². The summed E-state index contributed by atoms with van der Waals surface area (Å²) in [6, 6.07) is 5.90. The van der Waals surface area contributed by atoms with Crippen LogP contribution in [0.25, 0.3) is 0 Å². The molecule has 3 rings (SSSR count). The van der Waals surface area contributed by atoms with Crippen LogP contribution in [-0.2, 0) is 12.1 Å². The van der Waals surface area contributed by atoms with E-state index in [1.165, 1.54) is 35.7 Å². The number of nitrogens with zero attached hydrogens (tertiary/aromatic N) is 3. The van der Waals surface area contributed by atoms with Crippen molar-refractivity contribution in [3.05, 3.63) is 82.3 Å². The van der Waals surface area contributed by atoms with Crippen LogP contribution in [0.1, 0.15) is 24.0 Å². The molecule has 2 aromatic heterocycles. The van der Waals surface area contributed by atoms with Crippen molar-refractivity contribution in [2.45, 2.75) is 25.0 Å². The van der Waals surface area contributed by atoms with Crippen LogP contribution in [0, 0.1) is 11.6 Å². The molecule has 2 N–H and O–H groups in total. The monoisotopic (exact) mass is 346 g/mol. The zero-order valence-corrected chi connectivity index (χ0v) is 13.4. The van der Waals surface area contributed by atoms with Crippen LogP contribution in [0.5, 0.6) is 0 Å². The minimum atomic E-state index is -1.75. The topological polar surface area (TPSA) is 83.8 Å². The fourth-order valence-electron chi connectivity index (χ4n) is 2.82. The second kappa shape index (κ2) is 6.56. The summed E-state index contributed by atoms with van der Waals surface area (Å²) in [6.07, 6.45) is 4.15. The average Bonchev–Trinajstić information content (AvgIpc) is 3.07. The fourth-order valence-corrected chi connectivity index (χ4v) is 2.82. The highest BCUT2D eigenvalue weighted by molar-refractivity contribution is 5.31. The summed E-state index contributed by atoms with van der Waals surface area (Å²) in [7, 11) is 0. The van der Waals surface area contributed by atoms with Crippen LogP contribution in [-0.4, -0.2) is 24.9 Å². The van der Waals surface area contributed by atoms with E-state index in [-0.39, 0.29) is 17.7 Å². The predicted octanol–water partition coefficient (Wildman–Crippen LogP) is 1.94. The van der Waals surface area contributed by atoms with E-state index in [0.29, 0.717) is 5.56 Å². The molecule has 1 aromatic carbocycles. The van der Waals surface area contributed by atoms with Crippen molar-refractivity contribution in [3.8, 4) is 0 Å². The van der Waals surface area contributed by atoms with Crippen LogP contribution in [0.15, 0.2) is 54.0 Å². The van der Waals surface area contributed by atoms with Gasteiger partial charge in [0.05, 0.1) is 6.54 Å². The van der Waals surface area contributed by atoms with Crippen LogP contribution in [0.4, 0.5) is 8.78 Å². The van der Waals surface area contributed by atoms with E-state index >= 15 is 0 Å².